The maximum Gasteiger partial charge on any atom is 0.337 e. The minimum absolute atomic E-state index is 0.0549. The molecule has 3 heterocycles. The van der Waals surface area contributed by atoms with Gasteiger partial charge in [-0.25, -0.2) is 4.79 Å². The van der Waals surface area contributed by atoms with Crippen molar-refractivity contribution in [2.45, 2.75) is 39.0 Å². The second kappa shape index (κ2) is 6.64. The number of fused-ring (bicyclic) bond motifs is 1. The number of carboxylic acids is 1. The van der Waals surface area contributed by atoms with Gasteiger partial charge < -0.3 is 24.6 Å². The number of hydrogen-bond donors (Lipinski definition) is 2. The molecule has 24 heavy (non-hydrogen) atoms. The molecule has 8 nitrogen and oxygen atoms in total. The molecule has 2 amide bonds. The van der Waals surface area contributed by atoms with Crippen molar-refractivity contribution in [2.24, 2.45) is 0 Å². The third-order valence-electron chi connectivity index (χ3n) is 4.58. The fourth-order valence-electron chi connectivity index (χ4n) is 3.41. The van der Waals surface area contributed by atoms with E-state index < -0.39 is 5.97 Å². The van der Waals surface area contributed by atoms with Gasteiger partial charge in [0.1, 0.15) is 5.69 Å². The Bertz CT molecular complexity index is 681. The highest BCUT2D eigenvalue weighted by molar-refractivity contribution is 5.98. The molecule has 0 spiro atoms. The molecule has 0 unspecified atom stereocenters. The Hall–Kier alpha value is -2.35. The normalized spacial score (nSPS) is 19.9. The molecule has 1 fully saturated rings. The number of carboxylic acid groups (broad SMARTS) is 1. The molecule has 1 aromatic rings. The second-order valence-electron chi connectivity index (χ2n) is 6.13. The molecule has 0 aromatic carbocycles. The molecule has 130 valence electrons. The number of amides is 2. The Morgan fingerprint density at radius 3 is 2.88 bits per heavy atom. The lowest BCUT2D eigenvalue weighted by molar-refractivity contribution is -0.119. The first-order valence-electron chi connectivity index (χ1n) is 8.08. The summed E-state index contributed by atoms with van der Waals surface area (Å²) in [5.41, 5.74) is 1.05. The summed E-state index contributed by atoms with van der Waals surface area (Å²) in [7, 11) is 0. The summed E-state index contributed by atoms with van der Waals surface area (Å²) in [6, 6.07) is 1.39. The summed E-state index contributed by atoms with van der Waals surface area (Å²) in [6.07, 6.45) is 1.70. The zero-order valence-electron chi connectivity index (χ0n) is 13.6. The first-order chi connectivity index (χ1) is 11.5. The van der Waals surface area contributed by atoms with Gasteiger partial charge in [0, 0.05) is 32.6 Å². The Morgan fingerprint density at radius 1 is 1.38 bits per heavy atom. The van der Waals surface area contributed by atoms with Crippen LogP contribution in [0.25, 0.3) is 0 Å². The molecule has 2 aliphatic rings. The van der Waals surface area contributed by atoms with Gasteiger partial charge in [-0.2, -0.15) is 0 Å². The number of rotatable bonds is 4. The number of carbonyl (C=O) groups is 3. The Labute approximate surface area is 139 Å². The number of likely N-dealkylation sites (tertiary alicyclic amines) is 1. The van der Waals surface area contributed by atoms with Crippen LogP contribution >= 0.6 is 0 Å². The van der Waals surface area contributed by atoms with Crippen molar-refractivity contribution in [3.63, 3.8) is 0 Å². The van der Waals surface area contributed by atoms with Crippen molar-refractivity contribution >= 4 is 17.8 Å². The average Bonchev–Trinajstić information content (AvgIpc) is 3.17. The number of ether oxygens (including phenoxy) is 1. The average molecular weight is 335 g/mol. The summed E-state index contributed by atoms with van der Waals surface area (Å²) >= 11 is 0. The van der Waals surface area contributed by atoms with Gasteiger partial charge in [0.2, 0.25) is 5.91 Å². The highest BCUT2D eigenvalue weighted by Gasteiger charge is 2.33. The van der Waals surface area contributed by atoms with Crippen LogP contribution in [0.5, 0.6) is 0 Å². The molecule has 0 aliphatic carbocycles. The largest absolute Gasteiger partial charge is 0.478 e. The van der Waals surface area contributed by atoms with Crippen molar-refractivity contribution in [3.8, 4) is 0 Å². The van der Waals surface area contributed by atoms with E-state index in [4.69, 9.17) is 4.74 Å². The van der Waals surface area contributed by atoms with Crippen LogP contribution in [0.3, 0.4) is 0 Å². The summed E-state index contributed by atoms with van der Waals surface area (Å²) in [5.74, 6) is -1.36. The zero-order valence-corrected chi connectivity index (χ0v) is 13.6. The van der Waals surface area contributed by atoms with E-state index in [1.54, 1.807) is 9.47 Å². The number of aromatic nitrogens is 1. The van der Waals surface area contributed by atoms with Gasteiger partial charge in [0.25, 0.3) is 5.91 Å². The van der Waals surface area contributed by atoms with Gasteiger partial charge in [-0.3, -0.25) is 9.59 Å². The van der Waals surface area contributed by atoms with Gasteiger partial charge in [-0.05, 0) is 18.9 Å². The van der Waals surface area contributed by atoms with Crippen LogP contribution in [0.4, 0.5) is 0 Å². The van der Waals surface area contributed by atoms with E-state index in [1.807, 2.05) is 0 Å². The Morgan fingerprint density at radius 2 is 2.17 bits per heavy atom. The van der Waals surface area contributed by atoms with Crippen molar-refractivity contribution < 1.29 is 24.2 Å². The minimum Gasteiger partial charge on any atom is -0.478 e. The van der Waals surface area contributed by atoms with Crippen LogP contribution in [0.1, 0.15) is 46.3 Å². The first-order valence-corrected chi connectivity index (χ1v) is 8.08. The summed E-state index contributed by atoms with van der Waals surface area (Å²) in [5, 5.41) is 12.1. The third kappa shape index (κ3) is 3.01. The van der Waals surface area contributed by atoms with Crippen LogP contribution in [0, 0.1) is 0 Å². The molecule has 0 saturated carbocycles. The van der Waals surface area contributed by atoms with Gasteiger partial charge in [0.15, 0.2) is 0 Å². The lowest BCUT2D eigenvalue weighted by atomic mass is 10.2. The van der Waals surface area contributed by atoms with E-state index in [2.05, 4.69) is 5.32 Å². The van der Waals surface area contributed by atoms with E-state index in [0.29, 0.717) is 37.6 Å². The lowest BCUT2D eigenvalue weighted by Gasteiger charge is -2.26. The number of hydrogen-bond acceptors (Lipinski definition) is 4. The maximum absolute atomic E-state index is 13.0. The van der Waals surface area contributed by atoms with Gasteiger partial charge in [0.05, 0.1) is 24.5 Å². The van der Waals surface area contributed by atoms with E-state index in [0.717, 1.165) is 12.8 Å². The summed E-state index contributed by atoms with van der Waals surface area (Å²) in [6.45, 7) is 3.60. The highest BCUT2D eigenvalue weighted by Crippen LogP contribution is 2.25. The van der Waals surface area contributed by atoms with Gasteiger partial charge >= 0.3 is 5.97 Å². The van der Waals surface area contributed by atoms with Crippen molar-refractivity contribution in [3.05, 3.63) is 23.0 Å². The quantitative estimate of drug-likeness (QED) is 0.832. The van der Waals surface area contributed by atoms with Crippen LogP contribution in [-0.2, 0) is 22.7 Å². The smallest absolute Gasteiger partial charge is 0.337 e. The standard InChI is InChI=1S/C16H21N3O5/c1-10(20)17-8-11-3-2-4-18(11)15(21)13-7-12(16(22)23)14-9-24-6-5-19(13)14/h7,11H,2-6,8-9H2,1H3,(H,17,20)(H,22,23)/t11-/m1/s1. The molecule has 1 saturated heterocycles. The minimum atomic E-state index is -1.06. The van der Waals surface area contributed by atoms with Crippen LogP contribution in [0.15, 0.2) is 6.07 Å². The number of carbonyl (C=O) groups excluding carboxylic acids is 2. The van der Waals surface area contributed by atoms with Crippen molar-refractivity contribution in [1.82, 2.24) is 14.8 Å². The fourth-order valence-corrected chi connectivity index (χ4v) is 3.41. The first kappa shape index (κ1) is 16.5. The predicted molar refractivity (Wildman–Crippen MR) is 83.8 cm³/mol. The predicted octanol–water partition coefficient (Wildman–Crippen LogP) is 0.457. The van der Waals surface area contributed by atoms with Gasteiger partial charge in [-0.1, -0.05) is 0 Å². The lowest BCUT2D eigenvalue weighted by Crippen LogP contribution is -2.43. The van der Waals surface area contributed by atoms with Crippen LogP contribution in [-0.4, -0.2) is 58.1 Å². The zero-order chi connectivity index (χ0) is 17.3. The van der Waals surface area contributed by atoms with Crippen molar-refractivity contribution in [1.29, 1.82) is 0 Å². The monoisotopic (exact) mass is 335 g/mol. The van der Waals surface area contributed by atoms with Crippen LogP contribution in [0.2, 0.25) is 0 Å². The highest BCUT2D eigenvalue weighted by atomic mass is 16.5. The fraction of sp³-hybridized carbons (Fsp3) is 0.562. The topological polar surface area (TPSA) is 101 Å². The molecule has 0 radical (unpaired) electrons. The molecule has 2 N–H and O–H groups in total. The number of nitrogens with one attached hydrogen (secondary N) is 1. The molecular weight excluding hydrogens is 314 g/mol. The van der Waals surface area contributed by atoms with E-state index in [9.17, 15) is 19.5 Å². The van der Waals surface area contributed by atoms with Crippen LogP contribution < -0.4 is 5.32 Å². The molecule has 1 aromatic heterocycles. The van der Waals surface area contributed by atoms with E-state index in [-0.39, 0.29) is 30.0 Å². The molecule has 2 aliphatic heterocycles. The molecular formula is C16H21N3O5. The summed E-state index contributed by atoms with van der Waals surface area (Å²) < 4.78 is 7.09. The number of nitrogens with zero attached hydrogens (tertiary/aromatic N) is 2. The molecule has 3 rings (SSSR count). The Kier molecular flexibility index (Phi) is 4.57. The molecule has 1 atom stereocenters. The number of aromatic carboxylic acids is 1. The molecule has 0 bridgehead atoms. The van der Waals surface area contributed by atoms with Gasteiger partial charge in [-0.15, -0.1) is 0 Å². The maximum atomic E-state index is 13.0. The summed E-state index contributed by atoms with van der Waals surface area (Å²) in [4.78, 5) is 37.3. The van der Waals surface area contributed by atoms with E-state index in [1.165, 1.54) is 13.0 Å². The SMILES string of the molecule is CC(=O)NC[C@H]1CCCN1C(=O)c1cc(C(=O)O)c2n1CCOC2. The Balaban J connectivity index is 1.86. The van der Waals surface area contributed by atoms with Crippen molar-refractivity contribution in [2.75, 3.05) is 19.7 Å². The van der Waals surface area contributed by atoms with E-state index >= 15 is 0 Å². The third-order valence-corrected chi connectivity index (χ3v) is 4.58. The second-order valence-corrected chi connectivity index (χ2v) is 6.13. The molecule has 8 heteroatoms.